The minimum absolute atomic E-state index is 0.143. The van der Waals surface area contributed by atoms with Crippen molar-refractivity contribution in [3.63, 3.8) is 0 Å². The predicted octanol–water partition coefficient (Wildman–Crippen LogP) is 3.85. The Morgan fingerprint density at radius 2 is 2.05 bits per heavy atom. The average molecular weight is 322 g/mol. The number of ether oxygens (including phenoxy) is 1. The smallest absolute Gasteiger partial charge is 0.252 e. The molecule has 1 aliphatic heterocycles. The van der Waals surface area contributed by atoms with Crippen molar-refractivity contribution >= 4 is 17.2 Å². The largest absolute Gasteiger partial charge is 0.365 e. The molecule has 3 rings (SSSR count). The van der Waals surface area contributed by atoms with E-state index in [2.05, 4.69) is 10.4 Å². The first kappa shape index (κ1) is 15.9. The minimum atomic E-state index is -0.329. The summed E-state index contributed by atoms with van der Waals surface area (Å²) in [6.45, 7) is 4.76. The molecule has 1 amide bonds. The summed E-state index contributed by atoms with van der Waals surface area (Å²) in [5, 5.41) is 3.16. The van der Waals surface area contributed by atoms with Crippen LogP contribution in [0.4, 0.5) is 0 Å². The summed E-state index contributed by atoms with van der Waals surface area (Å²) in [7, 11) is 0. The van der Waals surface area contributed by atoms with Crippen molar-refractivity contribution in [3.05, 3.63) is 16.1 Å². The molecule has 5 heteroatoms. The Morgan fingerprint density at radius 3 is 2.73 bits per heavy atom. The van der Waals surface area contributed by atoms with E-state index < -0.39 is 0 Å². The van der Waals surface area contributed by atoms with Gasteiger partial charge in [-0.3, -0.25) is 4.79 Å². The van der Waals surface area contributed by atoms with E-state index in [0.717, 1.165) is 42.9 Å². The third kappa shape index (κ3) is 3.51. The molecule has 2 heterocycles. The summed E-state index contributed by atoms with van der Waals surface area (Å²) >= 11 is 1.68. The lowest BCUT2D eigenvalue weighted by Crippen LogP contribution is -2.44. The van der Waals surface area contributed by atoms with Crippen LogP contribution in [-0.4, -0.2) is 34.5 Å². The molecular weight excluding hydrogens is 296 g/mol. The van der Waals surface area contributed by atoms with Gasteiger partial charge in [-0.15, -0.1) is 11.3 Å². The zero-order valence-electron chi connectivity index (χ0n) is 13.6. The van der Waals surface area contributed by atoms with Crippen molar-refractivity contribution < 1.29 is 9.53 Å². The van der Waals surface area contributed by atoms with Crippen molar-refractivity contribution in [2.75, 3.05) is 6.54 Å². The summed E-state index contributed by atoms with van der Waals surface area (Å²) < 4.78 is 6.01. The normalized spacial score (nSPS) is 24.6. The molecule has 1 aromatic heterocycles. The Bertz CT molecular complexity index is 511. The van der Waals surface area contributed by atoms with Gasteiger partial charge < -0.3 is 9.64 Å². The molecule has 22 heavy (non-hydrogen) atoms. The molecule has 0 unspecified atom stereocenters. The monoisotopic (exact) mass is 322 g/mol. The fourth-order valence-electron chi connectivity index (χ4n) is 3.58. The molecule has 122 valence electrons. The van der Waals surface area contributed by atoms with Crippen LogP contribution in [0.3, 0.4) is 0 Å². The molecule has 0 radical (unpaired) electrons. The molecule has 2 aliphatic rings. The molecule has 0 N–H and O–H groups in total. The van der Waals surface area contributed by atoms with E-state index in [1.54, 1.807) is 11.3 Å². The first-order chi connectivity index (χ1) is 10.6. The van der Waals surface area contributed by atoms with Gasteiger partial charge in [0.15, 0.2) is 0 Å². The number of nitrogens with zero attached hydrogens (tertiary/aromatic N) is 2. The van der Waals surface area contributed by atoms with Gasteiger partial charge in [0.05, 0.1) is 12.1 Å². The highest BCUT2D eigenvalue weighted by atomic mass is 32.1. The van der Waals surface area contributed by atoms with Gasteiger partial charge in [0.25, 0.3) is 5.91 Å². The summed E-state index contributed by atoms with van der Waals surface area (Å²) in [6, 6.07) is 0.148. The quantitative estimate of drug-likeness (QED) is 0.845. The van der Waals surface area contributed by atoms with Gasteiger partial charge in [-0.2, -0.15) is 0 Å². The lowest BCUT2D eigenvalue weighted by molar-refractivity contribution is -0.150. The number of piperidine rings is 1. The molecule has 0 bridgehead atoms. The van der Waals surface area contributed by atoms with Gasteiger partial charge in [0, 0.05) is 17.6 Å². The SMILES string of the molecule is Cc1csc([C@@H]2CCCCN2C(=O)[C@H](C)OC2CCCC2)n1. The van der Waals surface area contributed by atoms with E-state index in [1.807, 2.05) is 18.7 Å². The highest BCUT2D eigenvalue weighted by Gasteiger charge is 2.33. The number of likely N-dealkylation sites (tertiary alicyclic amines) is 1. The average Bonchev–Trinajstić information content (AvgIpc) is 3.18. The standard InChI is InChI=1S/C17H26N2O2S/c1-12-11-22-16(18-12)15-9-5-6-10-19(15)17(20)13(2)21-14-7-3-4-8-14/h11,13-15H,3-10H2,1-2H3/t13-,15-/m0/s1. The fourth-order valence-corrected chi connectivity index (χ4v) is 4.53. The van der Waals surface area contributed by atoms with Crippen molar-refractivity contribution in [2.24, 2.45) is 0 Å². The summed E-state index contributed by atoms with van der Waals surface area (Å²) in [5.74, 6) is 0.143. The number of hydrogen-bond acceptors (Lipinski definition) is 4. The first-order valence-corrected chi connectivity index (χ1v) is 9.41. The molecule has 1 saturated heterocycles. The zero-order valence-corrected chi connectivity index (χ0v) is 14.4. The van der Waals surface area contributed by atoms with E-state index in [-0.39, 0.29) is 24.2 Å². The lowest BCUT2D eigenvalue weighted by Gasteiger charge is -2.36. The highest BCUT2D eigenvalue weighted by Crippen LogP contribution is 2.33. The summed E-state index contributed by atoms with van der Waals surface area (Å²) in [4.78, 5) is 19.5. The number of rotatable bonds is 4. The van der Waals surface area contributed by atoms with Gasteiger partial charge >= 0.3 is 0 Å². The maximum Gasteiger partial charge on any atom is 0.252 e. The highest BCUT2D eigenvalue weighted by molar-refractivity contribution is 7.09. The zero-order chi connectivity index (χ0) is 15.5. The van der Waals surface area contributed by atoms with Crippen molar-refractivity contribution in [2.45, 2.75) is 77.0 Å². The van der Waals surface area contributed by atoms with E-state index >= 15 is 0 Å². The number of thiazole rings is 1. The van der Waals surface area contributed by atoms with Crippen LogP contribution in [0.1, 0.15) is 68.6 Å². The topological polar surface area (TPSA) is 42.4 Å². The van der Waals surface area contributed by atoms with Crippen LogP contribution in [0.5, 0.6) is 0 Å². The van der Waals surface area contributed by atoms with Crippen molar-refractivity contribution in [3.8, 4) is 0 Å². The van der Waals surface area contributed by atoms with Crippen molar-refractivity contribution in [1.82, 2.24) is 9.88 Å². The number of aryl methyl sites for hydroxylation is 1. The van der Waals surface area contributed by atoms with Gasteiger partial charge in [-0.05, 0) is 46.0 Å². The maximum atomic E-state index is 12.9. The number of carbonyl (C=O) groups is 1. The van der Waals surface area contributed by atoms with Crippen LogP contribution in [0.15, 0.2) is 5.38 Å². The summed E-state index contributed by atoms with van der Waals surface area (Å²) in [5.41, 5.74) is 1.05. The van der Waals surface area contributed by atoms with Gasteiger partial charge in [0.2, 0.25) is 0 Å². The predicted molar refractivity (Wildman–Crippen MR) is 88.0 cm³/mol. The Hall–Kier alpha value is -0.940. The number of aromatic nitrogens is 1. The van der Waals surface area contributed by atoms with Crippen molar-refractivity contribution in [1.29, 1.82) is 0 Å². The molecule has 2 fully saturated rings. The van der Waals surface area contributed by atoms with Crippen LogP contribution in [0, 0.1) is 6.92 Å². The molecule has 4 nitrogen and oxygen atoms in total. The molecule has 1 aromatic rings. The molecule has 0 spiro atoms. The van der Waals surface area contributed by atoms with Gasteiger partial charge in [0.1, 0.15) is 11.1 Å². The lowest BCUT2D eigenvalue weighted by atomic mass is 10.0. The third-order valence-electron chi connectivity index (χ3n) is 4.75. The number of amides is 1. The summed E-state index contributed by atoms with van der Waals surface area (Å²) in [6.07, 6.45) is 7.91. The second kappa shape index (κ2) is 7.09. The van der Waals surface area contributed by atoms with E-state index in [0.29, 0.717) is 0 Å². The van der Waals surface area contributed by atoms with Gasteiger partial charge in [-0.1, -0.05) is 12.8 Å². The number of carbonyl (C=O) groups excluding carboxylic acids is 1. The van der Waals surface area contributed by atoms with Gasteiger partial charge in [-0.25, -0.2) is 4.98 Å². The minimum Gasteiger partial charge on any atom is -0.365 e. The Labute approximate surface area is 136 Å². The number of hydrogen-bond donors (Lipinski definition) is 0. The Morgan fingerprint density at radius 1 is 1.32 bits per heavy atom. The maximum absolute atomic E-state index is 12.9. The Kier molecular flexibility index (Phi) is 5.14. The van der Waals surface area contributed by atoms with Crippen LogP contribution >= 0.6 is 11.3 Å². The van der Waals surface area contributed by atoms with E-state index in [1.165, 1.54) is 19.3 Å². The first-order valence-electron chi connectivity index (χ1n) is 8.53. The van der Waals surface area contributed by atoms with Crippen LogP contribution < -0.4 is 0 Å². The van der Waals surface area contributed by atoms with Crippen LogP contribution in [-0.2, 0) is 9.53 Å². The van der Waals surface area contributed by atoms with E-state index in [4.69, 9.17) is 4.74 Å². The van der Waals surface area contributed by atoms with Crippen LogP contribution in [0.2, 0.25) is 0 Å². The van der Waals surface area contributed by atoms with Crippen LogP contribution in [0.25, 0.3) is 0 Å². The third-order valence-corrected chi connectivity index (χ3v) is 5.82. The molecule has 1 saturated carbocycles. The Balaban J connectivity index is 1.67. The molecule has 2 atom stereocenters. The fraction of sp³-hybridized carbons (Fsp3) is 0.765. The van der Waals surface area contributed by atoms with E-state index in [9.17, 15) is 4.79 Å². The second-order valence-electron chi connectivity index (χ2n) is 6.56. The molecular formula is C17H26N2O2S. The molecule has 0 aromatic carbocycles. The second-order valence-corrected chi connectivity index (χ2v) is 7.44. The molecule has 1 aliphatic carbocycles.